The third-order valence-electron chi connectivity index (χ3n) is 5.44. The molecule has 0 N–H and O–H groups in total. The Balaban J connectivity index is 1.77. The molecule has 3 fully saturated rings. The average Bonchev–Trinajstić information content (AvgIpc) is 3.36. The highest BCUT2D eigenvalue weighted by atomic mass is 32.2. The third kappa shape index (κ3) is 2.80. The number of nitro benzene ring substituents is 1. The number of amides is 1. The van der Waals surface area contributed by atoms with E-state index < -0.39 is 32.3 Å². The molecular weight excluding hydrogens is 388 g/mol. The van der Waals surface area contributed by atoms with Crippen LogP contribution >= 0.6 is 0 Å². The Hall–Kier alpha value is -2.71. The number of nitro groups is 1. The Bertz CT molecular complexity index is 993. The monoisotopic (exact) mass is 406 g/mol. The number of anilines is 1. The van der Waals surface area contributed by atoms with Gasteiger partial charge in [0, 0.05) is 12.1 Å². The first kappa shape index (κ1) is 18.6. The highest BCUT2D eigenvalue weighted by Crippen LogP contribution is 2.47. The van der Waals surface area contributed by atoms with Gasteiger partial charge in [0.1, 0.15) is 17.8 Å². The lowest BCUT2D eigenvalue weighted by Gasteiger charge is -2.44. The average molecular weight is 406 g/mol. The second-order valence-electron chi connectivity index (χ2n) is 7.20. The van der Waals surface area contributed by atoms with Crippen LogP contribution in [0.15, 0.2) is 23.1 Å². The van der Waals surface area contributed by atoms with Crippen LogP contribution < -0.4 is 4.90 Å². The van der Waals surface area contributed by atoms with Crippen molar-refractivity contribution in [3.63, 3.8) is 0 Å². The fourth-order valence-corrected chi connectivity index (χ4v) is 5.76. The molecule has 1 saturated heterocycles. The molecule has 0 atom stereocenters. The van der Waals surface area contributed by atoms with E-state index in [-0.39, 0.29) is 29.8 Å². The minimum atomic E-state index is -4.11. The normalized spacial score (nSPS) is 21.1. The number of nitrogens with zero attached hydrogens (tertiary/aromatic N) is 4. The molecule has 1 amide bonds. The van der Waals surface area contributed by atoms with E-state index in [9.17, 15) is 28.6 Å². The maximum Gasteiger partial charge on any atom is 0.414 e. The number of ether oxygens (including phenoxy) is 1. The number of hydrogen-bond donors (Lipinski definition) is 0. The summed E-state index contributed by atoms with van der Waals surface area (Å²) >= 11 is 0. The first-order valence-corrected chi connectivity index (χ1v) is 10.4. The highest BCUT2D eigenvalue weighted by Gasteiger charge is 2.55. The lowest BCUT2D eigenvalue weighted by molar-refractivity contribution is -0.384. The Morgan fingerprint density at radius 2 is 2.07 bits per heavy atom. The van der Waals surface area contributed by atoms with Gasteiger partial charge in [-0.15, -0.1) is 0 Å². The number of sulfonamides is 1. The van der Waals surface area contributed by atoms with E-state index in [4.69, 9.17) is 4.74 Å². The summed E-state index contributed by atoms with van der Waals surface area (Å²) in [7, 11) is -4.11. The van der Waals surface area contributed by atoms with Gasteiger partial charge in [0.15, 0.2) is 0 Å². The standard InChI is InChI=1S/C17H18N4O6S/c18-11-17(6-1-7-17)20(12-2-3-12)28(25,26)13-4-5-14(15(10-13)21(23)24)19-8-9-27-16(19)22/h4-5,10,12H,1-3,6-9H2. The van der Waals surface area contributed by atoms with E-state index in [1.807, 2.05) is 0 Å². The van der Waals surface area contributed by atoms with Crippen LogP contribution in [-0.4, -0.2) is 48.5 Å². The first-order valence-electron chi connectivity index (χ1n) is 8.99. The van der Waals surface area contributed by atoms with Crippen molar-refractivity contribution in [3.8, 4) is 6.07 Å². The lowest BCUT2D eigenvalue weighted by atomic mass is 9.78. The van der Waals surface area contributed by atoms with E-state index in [0.717, 1.165) is 17.4 Å². The van der Waals surface area contributed by atoms with Crippen LogP contribution in [0.4, 0.5) is 16.2 Å². The van der Waals surface area contributed by atoms with E-state index in [1.165, 1.54) is 16.4 Å². The van der Waals surface area contributed by atoms with Crippen molar-refractivity contribution in [2.45, 2.75) is 48.6 Å². The molecule has 0 aromatic heterocycles. The molecule has 1 aromatic rings. The Labute approximate surface area is 161 Å². The molecule has 1 aromatic carbocycles. The lowest BCUT2D eigenvalue weighted by Crippen LogP contribution is -2.56. The van der Waals surface area contributed by atoms with Gasteiger partial charge in [0.25, 0.3) is 5.69 Å². The van der Waals surface area contributed by atoms with Crippen LogP contribution in [0.25, 0.3) is 0 Å². The Morgan fingerprint density at radius 1 is 1.36 bits per heavy atom. The zero-order chi connectivity index (χ0) is 20.1. The predicted molar refractivity (Wildman–Crippen MR) is 96.0 cm³/mol. The SMILES string of the molecule is N#CC1(N(C2CC2)S(=O)(=O)c2ccc(N3CCOC3=O)c([N+](=O)[O-])c2)CCC1. The summed E-state index contributed by atoms with van der Waals surface area (Å²) in [6, 6.07) is 5.37. The zero-order valence-corrected chi connectivity index (χ0v) is 15.7. The summed E-state index contributed by atoms with van der Waals surface area (Å²) in [6.07, 6.45) is 2.31. The largest absolute Gasteiger partial charge is 0.447 e. The smallest absolute Gasteiger partial charge is 0.414 e. The minimum absolute atomic E-state index is 0.0111. The van der Waals surface area contributed by atoms with E-state index >= 15 is 0 Å². The molecule has 148 valence electrons. The molecule has 2 saturated carbocycles. The van der Waals surface area contributed by atoms with Crippen LogP contribution in [0.2, 0.25) is 0 Å². The van der Waals surface area contributed by atoms with Crippen LogP contribution in [0, 0.1) is 21.4 Å². The number of nitriles is 1. The number of hydrogen-bond acceptors (Lipinski definition) is 7. The summed E-state index contributed by atoms with van der Waals surface area (Å²) in [4.78, 5) is 23.5. The van der Waals surface area contributed by atoms with Gasteiger partial charge in [-0.25, -0.2) is 13.2 Å². The summed E-state index contributed by atoms with van der Waals surface area (Å²) in [5, 5.41) is 21.2. The molecule has 0 unspecified atom stereocenters. The summed E-state index contributed by atoms with van der Waals surface area (Å²) < 4.78 is 32.7. The summed E-state index contributed by atoms with van der Waals surface area (Å²) in [5.41, 5.74) is -1.58. The molecule has 0 radical (unpaired) electrons. The number of rotatable bonds is 6. The van der Waals surface area contributed by atoms with E-state index in [1.54, 1.807) is 0 Å². The molecular formula is C17H18N4O6S. The van der Waals surface area contributed by atoms with Crippen molar-refractivity contribution >= 4 is 27.5 Å². The van der Waals surface area contributed by atoms with Gasteiger partial charge in [0.2, 0.25) is 10.0 Å². The summed E-state index contributed by atoms with van der Waals surface area (Å²) in [6.45, 7) is 0.258. The Kier molecular flexibility index (Phi) is 4.28. The van der Waals surface area contributed by atoms with Crippen molar-refractivity contribution in [2.24, 2.45) is 0 Å². The minimum Gasteiger partial charge on any atom is -0.447 e. The van der Waals surface area contributed by atoms with Gasteiger partial charge in [0.05, 0.1) is 22.4 Å². The van der Waals surface area contributed by atoms with Gasteiger partial charge in [-0.2, -0.15) is 9.57 Å². The molecule has 4 rings (SSSR count). The molecule has 10 nitrogen and oxygen atoms in total. The molecule has 1 heterocycles. The number of carbonyl (C=O) groups excluding carboxylic acids is 1. The molecule has 3 aliphatic rings. The van der Waals surface area contributed by atoms with Gasteiger partial charge < -0.3 is 4.74 Å². The van der Waals surface area contributed by atoms with Crippen molar-refractivity contribution in [1.82, 2.24) is 4.31 Å². The van der Waals surface area contributed by atoms with Crippen LogP contribution in [0.5, 0.6) is 0 Å². The summed E-state index contributed by atoms with van der Waals surface area (Å²) in [5.74, 6) is 0. The molecule has 0 spiro atoms. The topological polar surface area (TPSA) is 134 Å². The van der Waals surface area contributed by atoms with Gasteiger partial charge >= 0.3 is 6.09 Å². The quantitative estimate of drug-likeness (QED) is 0.522. The van der Waals surface area contributed by atoms with Crippen LogP contribution in [0.3, 0.4) is 0 Å². The molecule has 0 bridgehead atoms. The van der Waals surface area contributed by atoms with E-state index in [2.05, 4.69) is 6.07 Å². The van der Waals surface area contributed by atoms with E-state index in [0.29, 0.717) is 25.7 Å². The number of cyclic esters (lactones) is 1. The molecule has 2 aliphatic carbocycles. The molecule has 11 heteroatoms. The zero-order valence-electron chi connectivity index (χ0n) is 14.9. The highest BCUT2D eigenvalue weighted by molar-refractivity contribution is 7.89. The maximum atomic E-state index is 13.3. The second-order valence-corrected chi connectivity index (χ2v) is 9.02. The third-order valence-corrected chi connectivity index (χ3v) is 7.46. The van der Waals surface area contributed by atoms with Crippen molar-refractivity contribution in [1.29, 1.82) is 5.26 Å². The van der Waals surface area contributed by atoms with Gasteiger partial charge in [-0.3, -0.25) is 15.0 Å². The predicted octanol–water partition coefficient (Wildman–Crippen LogP) is 2.15. The number of carbonyl (C=O) groups is 1. The molecule has 28 heavy (non-hydrogen) atoms. The van der Waals surface area contributed by atoms with Gasteiger partial charge in [-0.1, -0.05) is 0 Å². The fraction of sp³-hybridized carbons (Fsp3) is 0.529. The van der Waals surface area contributed by atoms with Crippen molar-refractivity contribution in [3.05, 3.63) is 28.3 Å². The van der Waals surface area contributed by atoms with Gasteiger partial charge in [-0.05, 0) is 44.2 Å². The first-order chi connectivity index (χ1) is 13.3. The fourth-order valence-electron chi connectivity index (χ4n) is 3.74. The Morgan fingerprint density at radius 3 is 2.54 bits per heavy atom. The van der Waals surface area contributed by atoms with Crippen LogP contribution in [0.1, 0.15) is 32.1 Å². The van der Waals surface area contributed by atoms with Crippen molar-refractivity contribution < 1.29 is 22.9 Å². The maximum absolute atomic E-state index is 13.3. The van der Waals surface area contributed by atoms with Crippen molar-refractivity contribution in [2.75, 3.05) is 18.1 Å². The molecule has 1 aliphatic heterocycles. The second kappa shape index (κ2) is 6.42. The van der Waals surface area contributed by atoms with Crippen LogP contribution in [-0.2, 0) is 14.8 Å². The number of benzene rings is 1.